The molecule has 14 aliphatic rings. The number of nitrogens with one attached hydrogen (secondary N) is 6. The molecule has 112 heavy (non-hydrogen) atoms. The summed E-state index contributed by atoms with van der Waals surface area (Å²) in [6.07, 6.45) is 18.4. The Kier molecular flexibility index (Phi) is 47.8. The van der Waals surface area contributed by atoms with Crippen molar-refractivity contribution in [1.29, 1.82) is 0 Å². The zero-order valence-corrected chi connectivity index (χ0v) is 79.9. The summed E-state index contributed by atoms with van der Waals surface area (Å²) in [5, 5.41) is 21.0. The smallest absolute Gasteiger partial charge is 0.0310 e. The van der Waals surface area contributed by atoms with Gasteiger partial charge < -0.3 is 41.7 Å². The molecule has 8 atom stereocenters. The van der Waals surface area contributed by atoms with Gasteiger partial charge in [0.2, 0.25) is 0 Å². The first kappa shape index (κ1) is 102. The third-order valence-corrected chi connectivity index (χ3v) is 27.9. The van der Waals surface area contributed by atoms with Crippen molar-refractivity contribution in [3.63, 3.8) is 0 Å². The number of nitrogens with zero attached hydrogens (tertiary/aromatic N) is 13. The van der Waals surface area contributed by atoms with Crippen LogP contribution in [-0.4, -0.2) is 387 Å². The SMILES string of the molecule is CC(C)C1CCC(N2CCCC2)C1.CC(C)N1CCCNCC1.CC(C)N1CCN(C)CC1.CC(C)N1CCN2CCCC2(C)C1.CC(C)N1CCN2CCCC2C1.CC(C)N1CCNC(C)(C)C1.CC(C)N1CCNC2(CC2)C1.CC1CN(C(C)C)CC(C)N1.CC1CN(C(C)C)CCN1.CCC1CN(C(C)C)CCN1. The van der Waals surface area contributed by atoms with Crippen molar-refractivity contribution in [2.45, 2.75) is 378 Å². The van der Waals surface area contributed by atoms with E-state index in [1.807, 2.05) is 0 Å². The van der Waals surface area contributed by atoms with Crippen LogP contribution in [0.5, 0.6) is 0 Å². The standard InChI is InChI=1S/C12H23N.C11H22N2.C10H20N2.C9H18N2.3C9H20N2.3C8H18N2/c1-10(2)11-5-6-12(9-11)13-7-3-4-8-13;1-10(2)12-7-8-13-6-4-5-11(13,3)9-12;1-9(2)12-7-6-11-5-3-4-10(11)8-12;1-8(2)11-6-5-10-9(7-11)3-4-9;1-7(2)11-5-8(3)10-9(4)6-11;1-8(2)11-6-5-10-9(3,4)7-11;1-4-9-7-11(8(2)3)6-5-10-9;1-8(2)10-6-4-9(3)5-7-10;1-7(2)10-5-4-9-8(3)6-10;1-8(2)10-6-3-4-9-5-7-10/h10-12H,3-9H2,1-2H3;10H,4-9H2,1-3H3;9-10H,3-8H2,1-2H3;8,10H,3-7H2,1-2H3;7-10H,5-6H2,1-4H3;8,10H,5-7H2,1-4H3;8-10H,4-7H2,1-3H3;8H,4-7H2,1-3H3;7-9H,4-6H2,1-3H3;8-9H,3-7H2,1-2H3. The minimum absolute atomic E-state index is 0.308. The van der Waals surface area contributed by atoms with E-state index in [1.165, 1.54) is 267 Å². The van der Waals surface area contributed by atoms with Gasteiger partial charge in [0.15, 0.2) is 0 Å². The lowest BCUT2D eigenvalue weighted by atomic mass is 9.94. The normalized spacial score (nSPS) is 30.4. The Morgan fingerprint density at radius 3 is 1.34 bits per heavy atom. The average molecular weight is 1580 g/mol. The Labute approximate surface area is 697 Å². The fourth-order valence-electron chi connectivity index (χ4n) is 19.4. The number of rotatable bonds is 12. The first-order chi connectivity index (χ1) is 52.9. The van der Waals surface area contributed by atoms with Gasteiger partial charge in [0.05, 0.1) is 0 Å². The maximum atomic E-state index is 3.61. The highest BCUT2D eigenvalue weighted by atomic mass is 15.3. The first-order valence-electron chi connectivity index (χ1n) is 47.9. The van der Waals surface area contributed by atoms with Gasteiger partial charge in [-0.05, 0) is 308 Å². The van der Waals surface area contributed by atoms with Crippen LogP contribution in [-0.2, 0) is 0 Å². The molecule has 19 nitrogen and oxygen atoms in total. The quantitative estimate of drug-likeness (QED) is 0.111. The summed E-state index contributed by atoms with van der Waals surface area (Å²) >= 11 is 0. The summed E-state index contributed by atoms with van der Waals surface area (Å²) in [5.41, 5.74) is 1.37. The fourth-order valence-corrected chi connectivity index (χ4v) is 19.4. The largest absolute Gasteiger partial charge is 0.315 e. The average Bonchev–Trinajstić information content (AvgIpc) is 1.64. The minimum atomic E-state index is 0.308. The molecule has 1 spiro atoms. The third kappa shape index (κ3) is 38.1. The Balaban J connectivity index is 0.000000223. The molecule has 6 N–H and O–H groups in total. The van der Waals surface area contributed by atoms with Crippen molar-refractivity contribution < 1.29 is 0 Å². The van der Waals surface area contributed by atoms with E-state index >= 15 is 0 Å². The van der Waals surface area contributed by atoms with Crippen molar-refractivity contribution in [2.75, 3.05) is 216 Å². The maximum absolute atomic E-state index is 3.61. The molecule has 12 aliphatic heterocycles. The molecular weight excluding hydrogens is 1380 g/mol. The molecule has 14 rings (SSSR count). The lowest BCUT2D eigenvalue weighted by Gasteiger charge is -2.46. The molecule has 14 fully saturated rings. The van der Waals surface area contributed by atoms with Gasteiger partial charge in [0.1, 0.15) is 0 Å². The molecule has 0 radical (unpaired) electrons. The summed E-state index contributed by atoms with van der Waals surface area (Å²) < 4.78 is 0. The van der Waals surface area contributed by atoms with Crippen LogP contribution in [0.3, 0.4) is 0 Å². The molecular formula is C93H197N19. The van der Waals surface area contributed by atoms with E-state index in [0.717, 1.165) is 86.3 Å². The van der Waals surface area contributed by atoms with E-state index in [1.54, 1.807) is 0 Å². The molecule has 0 bridgehead atoms. The molecule has 2 aliphatic carbocycles. The van der Waals surface area contributed by atoms with Gasteiger partial charge in [0.25, 0.3) is 0 Å². The van der Waals surface area contributed by atoms with E-state index in [0.29, 0.717) is 58.9 Å². The highest BCUT2D eigenvalue weighted by Gasteiger charge is 2.46. The predicted molar refractivity (Wildman–Crippen MR) is 490 cm³/mol. The Bertz CT molecular complexity index is 2300. The van der Waals surface area contributed by atoms with Crippen LogP contribution in [0.1, 0.15) is 270 Å². The van der Waals surface area contributed by atoms with Crippen molar-refractivity contribution in [1.82, 2.24) is 95.6 Å². The molecule has 0 aromatic carbocycles. The molecule has 0 aromatic rings. The summed E-state index contributed by atoms with van der Waals surface area (Å²) in [7, 11) is 2.19. The predicted octanol–water partition coefficient (Wildman–Crippen LogP) is 11.7. The lowest BCUT2D eigenvalue weighted by Crippen LogP contribution is -2.58. The van der Waals surface area contributed by atoms with E-state index < -0.39 is 0 Å². The van der Waals surface area contributed by atoms with E-state index in [4.69, 9.17) is 0 Å². The topological polar surface area (TPSA) is 114 Å². The number of hydrogen-bond acceptors (Lipinski definition) is 19. The van der Waals surface area contributed by atoms with Crippen molar-refractivity contribution >= 4 is 0 Å². The van der Waals surface area contributed by atoms with Crippen LogP contribution in [0.2, 0.25) is 0 Å². The highest BCUT2D eigenvalue weighted by molar-refractivity contribution is 5.07. The number of likely N-dealkylation sites (tertiary alicyclic amines) is 1. The Hall–Kier alpha value is -0.760. The van der Waals surface area contributed by atoms with Crippen LogP contribution < -0.4 is 31.9 Å². The second kappa shape index (κ2) is 52.5. The minimum Gasteiger partial charge on any atom is -0.315 e. The Morgan fingerprint density at radius 2 is 0.821 bits per heavy atom. The van der Waals surface area contributed by atoms with E-state index in [-0.39, 0.29) is 0 Å². The third-order valence-electron chi connectivity index (χ3n) is 27.9. The van der Waals surface area contributed by atoms with Gasteiger partial charge in [-0.15, -0.1) is 0 Å². The van der Waals surface area contributed by atoms with Gasteiger partial charge in [-0.1, -0.05) is 20.8 Å². The number of fused-ring (bicyclic) bond motifs is 2. The van der Waals surface area contributed by atoms with Crippen LogP contribution in [0.15, 0.2) is 0 Å². The summed E-state index contributed by atoms with van der Waals surface area (Å²) in [4.78, 5) is 33.5. The maximum Gasteiger partial charge on any atom is 0.0310 e. The van der Waals surface area contributed by atoms with E-state index in [9.17, 15) is 0 Å². The molecule has 2 saturated carbocycles. The molecule has 0 amide bonds. The monoisotopic (exact) mass is 1580 g/mol. The summed E-state index contributed by atoms with van der Waals surface area (Å²) in [6.45, 7) is 102. The number of hydrogen-bond donors (Lipinski definition) is 6. The molecule has 664 valence electrons. The molecule has 19 heteroatoms. The summed E-state index contributed by atoms with van der Waals surface area (Å²) in [6, 6.07) is 11.0. The lowest BCUT2D eigenvalue weighted by molar-refractivity contribution is 0.0244. The number of piperazine rings is 8. The van der Waals surface area contributed by atoms with Crippen LogP contribution in [0.25, 0.3) is 0 Å². The van der Waals surface area contributed by atoms with Gasteiger partial charge >= 0.3 is 0 Å². The second-order valence-corrected chi connectivity index (χ2v) is 41.2. The molecule has 12 saturated heterocycles. The zero-order chi connectivity index (χ0) is 82.9. The van der Waals surface area contributed by atoms with Crippen LogP contribution in [0.4, 0.5) is 0 Å². The number of likely N-dealkylation sites (N-methyl/N-ethyl adjacent to an activating group) is 1. The van der Waals surface area contributed by atoms with Crippen molar-refractivity contribution in [2.24, 2.45) is 11.8 Å². The van der Waals surface area contributed by atoms with Crippen LogP contribution in [0, 0.1) is 11.8 Å². The van der Waals surface area contributed by atoms with E-state index in [2.05, 4.69) is 290 Å². The van der Waals surface area contributed by atoms with Gasteiger partial charge in [-0.25, -0.2) is 0 Å². The second-order valence-electron chi connectivity index (χ2n) is 41.2. The molecule has 8 unspecified atom stereocenters. The molecule has 12 heterocycles. The van der Waals surface area contributed by atoms with Gasteiger partial charge in [-0.3, -0.25) is 53.9 Å². The first-order valence-corrected chi connectivity index (χ1v) is 47.9. The van der Waals surface area contributed by atoms with Crippen LogP contribution >= 0.6 is 0 Å². The molecule has 0 aromatic heterocycles. The van der Waals surface area contributed by atoms with Crippen molar-refractivity contribution in [3.8, 4) is 0 Å². The Morgan fingerprint density at radius 1 is 0.348 bits per heavy atom. The summed E-state index contributed by atoms with van der Waals surface area (Å²) in [5.74, 6) is 1.93. The zero-order valence-electron chi connectivity index (χ0n) is 79.9. The van der Waals surface area contributed by atoms with Gasteiger partial charge in [0, 0.05) is 277 Å². The van der Waals surface area contributed by atoms with Gasteiger partial charge in [-0.2, -0.15) is 0 Å². The fraction of sp³-hybridized carbons (Fsp3) is 1.00. The highest BCUT2D eigenvalue weighted by Crippen LogP contribution is 2.38. The van der Waals surface area contributed by atoms with Crippen molar-refractivity contribution in [3.05, 3.63) is 0 Å².